The van der Waals surface area contributed by atoms with Gasteiger partial charge in [-0.3, -0.25) is 0 Å². The molecule has 0 spiro atoms. The second-order valence-corrected chi connectivity index (χ2v) is 10.2. The molecule has 2 heterocycles. The van der Waals surface area contributed by atoms with Crippen LogP contribution >= 0.6 is 0 Å². The van der Waals surface area contributed by atoms with Crippen LogP contribution in [0.1, 0.15) is 61.8 Å². The van der Waals surface area contributed by atoms with Crippen molar-refractivity contribution in [2.75, 3.05) is 14.2 Å². The van der Waals surface area contributed by atoms with E-state index < -0.39 is 5.60 Å². The molecule has 6 rings (SSSR count). The van der Waals surface area contributed by atoms with Gasteiger partial charge in [-0.05, 0) is 91.7 Å². The molecular weight excluding hydrogens is 402 g/mol. The molecule has 0 radical (unpaired) electrons. The number of ether oxygens (including phenoxy) is 2. The average molecular weight is 434 g/mol. The van der Waals surface area contributed by atoms with Gasteiger partial charge in [0.15, 0.2) is 5.76 Å². The average Bonchev–Trinajstić information content (AvgIpc) is 3.41. The maximum Gasteiger partial charge on any atom is 0.360 e. The maximum atomic E-state index is 12.7. The van der Waals surface area contributed by atoms with Crippen molar-refractivity contribution in [1.29, 1.82) is 0 Å². The fraction of sp³-hybridized carbons (Fsp3) is 0.519. The molecule has 32 heavy (non-hydrogen) atoms. The van der Waals surface area contributed by atoms with Gasteiger partial charge in [-0.25, -0.2) is 4.79 Å². The second kappa shape index (κ2) is 6.98. The predicted octanol–water partition coefficient (Wildman–Crippen LogP) is 5.30. The molecule has 5 nitrogen and oxygen atoms in total. The third-order valence-corrected chi connectivity index (χ3v) is 9.25. The summed E-state index contributed by atoms with van der Waals surface area (Å²) in [6.45, 7) is 2.38. The molecule has 0 aliphatic heterocycles. The molecule has 0 saturated heterocycles. The lowest BCUT2D eigenvalue weighted by molar-refractivity contribution is -0.145. The number of methoxy groups -OCH3 is 2. The highest BCUT2D eigenvalue weighted by Crippen LogP contribution is 2.68. The van der Waals surface area contributed by atoms with Crippen LogP contribution in [0.2, 0.25) is 0 Å². The van der Waals surface area contributed by atoms with Crippen LogP contribution in [0, 0.1) is 17.3 Å². The zero-order valence-electron chi connectivity index (χ0n) is 19.1. The number of hydrogen-bond acceptors (Lipinski definition) is 4. The molecule has 3 aromatic rings. The molecule has 2 fully saturated rings. The second-order valence-electron chi connectivity index (χ2n) is 10.2. The van der Waals surface area contributed by atoms with Crippen LogP contribution in [0.25, 0.3) is 5.52 Å². The minimum absolute atomic E-state index is 0.0658. The van der Waals surface area contributed by atoms with Gasteiger partial charge in [-0.2, -0.15) is 0 Å². The van der Waals surface area contributed by atoms with E-state index in [4.69, 9.17) is 13.9 Å². The smallest absolute Gasteiger partial charge is 0.360 e. The van der Waals surface area contributed by atoms with Gasteiger partial charge in [-0.15, -0.1) is 0 Å². The third-order valence-electron chi connectivity index (χ3n) is 9.25. The number of nitrogens with zero attached hydrogens (tertiary/aromatic N) is 1. The van der Waals surface area contributed by atoms with Crippen LogP contribution in [0.5, 0.6) is 5.75 Å². The molecule has 2 aromatic heterocycles. The summed E-state index contributed by atoms with van der Waals surface area (Å²) >= 11 is 0. The first-order valence-corrected chi connectivity index (χ1v) is 11.8. The van der Waals surface area contributed by atoms with Crippen molar-refractivity contribution in [3.05, 3.63) is 70.0 Å². The number of hydrogen-bond donors (Lipinski definition) is 0. The first-order valence-electron chi connectivity index (χ1n) is 11.8. The molecule has 5 atom stereocenters. The van der Waals surface area contributed by atoms with E-state index in [1.165, 1.54) is 17.5 Å². The molecule has 1 aromatic carbocycles. The standard InChI is InChI=1S/C27H31NO4/c1-26-12-10-20-19-9-7-18(30-2)15-17(19)6-8-21(20)22(26)11-13-27(26,31-3)24-16-28-14-4-5-23(28)25(29)32-24/h4-5,7,9,14-16,20-22H,6,8,10-13H2,1-3H3/t20-,21-,22+,26+,27-/m1/s1. The van der Waals surface area contributed by atoms with Crippen LogP contribution in [-0.2, 0) is 16.8 Å². The predicted molar refractivity (Wildman–Crippen MR) is 122 cm³/mol. The van der Waals surface area contributed by atoms with Crippen molar-refractivity contribution in [1.82, 2.24) is 4.40 Å². The van der Waals surface area contributed by atoms with Gasteiger partial charge in [0.2, 0.25) is 0 Å². The maximum absolute atomic E-state index is 12.7. The van der Waals surface area contributed by atoms with E-state index in [1.54, 1.807) is 20.3 Å². The Morgan fingerprint density at radius 1 is 1.12 bits per heavy atom. The first kappa shape index (κ1) is 20.1. The zero-order chi connectivity index (χ0) is 22.1. The SMILES string of the molecule is COc1ccc2c(c1)CC[C@@H]1[C@@H]2CC[C@@]2(C)[C@H]1CC[C@@]2(OC)c1cn2cccc2c(=O)o1. The van der Waals surface area contributed by atoms with Crippen LogP contribution in [0.15, 0.2) is 51.9 Å². The van der Waals surface area contributed by atoms with Crippen LogP contribution < -0.4 is 10.4 Å². The fourth-order valence-corrected chi connectivity index (χ4v) is 7.70. The Balaban J connectivity index is 1.41. The van der Waals surface area contributed by atoms with E-state index in [-0.39, 0.29) is 11.0 Å². The lowest BCUT2D eigenvalue weighted by atomic mass is 9.53. The third kappa shape index (κ3) is 2.52. The molecule has 0 bridgehead atoms. The zero-order valence-corrected chi connectivity index (χ0v) is 19.1. The first-order chi connectivity index (χ1) is 15.5. The van der Waals surface area contributed by atoms with Crippen LogP contribution in [-0.4, -0.2) is 18.6 Å². The van der Waals surface area contributed by atoms with Gasteiger partial charge in [0.25, 0.3) is 0 Å². The molecule has 5 heteroatoms. The van der Waals surface area contributed by atoms with Gasteiger partial charge in [0.05, 0.1) is 13.3 Å². The van der Waals surface area contributed by atoms with Gasteiger partial charge in [-0.1, -0.05) is 13.0 Å². The highest BCUT2D eigenvalue weighted by Gasteiger charge is 2.64. The molecule has 3 aliphatic carbocycles. The van der Waals surface area contributed by atoms with Gasteiger partial charge < -0.3 is 18.3 Å². The summed E-state index contributed by atoms with van der Waals surface area (Å²) in [5.74, 6) is 3.40. The Labute approximate surface area is 188 Å². The largest absolute Gasteiger partial charge is 0.497 e. The van der Waals surface area contributed by atoms with Gasteiger partial charge >= 0.3 is 5.63 Å². The monoisotopic (exact) mass is 433 g/mol. The lowest BCUT2D eigenvalue weighted by Crippen LogP contribution is -2.50. The van der Waals surface area contributed by atoms with E-state index in [0.717, 1.165) is 37.9 Å². The van der Waals surface area contributed by atoms with E-state index >= 15 is 0 Å². The van der Waals surface area contributed by atoms with Crippen molar-refractivity contribution in [2.45, 2.75) is 57.0 Å². The minimum Gasteiger partial charge on any atom is -0.497 e. The molecule has 2 saturated carbocycles. The molecular formula is C27H31NO4. The molecule has 0 unspecified atom stereocenters. The summed E-state index contributed by atoms with van der Waals surface area (Å²) < 4.78 is 19.7. The summed E-state index contributed by atoms with van der Waals surface area (Å²) in [4.78, 5) is 12.7. The fourth-order valence-electron chi connectivity index (χ4n) is 7.70. The van der Waals surface area contributed by atoms with Crippen LogP contribution in [0.4, 0.5) is 0 Å². The Kier molecular flexibility index (Phi) is 4.39. The van der Waals surface area contributed by atoms with Gasteiger partial charge in [0.1, 0.15) is 16.9 Å². The van der Waals surface area contributed by atoms with Crippen molar-refractivity contribution in [3.63, 3.8) is 0 Å². The van der Waals surface area contributed by atoms with Crippen molar-refractivity contribution in [3.8, 4) is 5.75 Å². The Morgan fingerprint density at radius 2 is 2.00 bits per heavy atom. The number of aromatic nitrogens is 1. The molecule has 3 aliphatic rings. The van der Waals surface area contributed by atoms with Crippen molar-refractivity contribution < 1.29 is 13.9 Å². The van der Waals surface area contributed by atoms with E-state index in [9.17, 15) is 4.79 Å². The summed E-state index contributed by atoms with van der Waals surface area (Å²) in [6, 6.07) is 10.3. The topological polar surface area (TPSA) is 53.1 Å². The number of benzene rings is 1. The summed E-state index contributed by atoms with van der Waals surface area (Å²) in [5, 5.41) is 0. The normalized spacial score (nSPS) is 33.5. The quantitative estimate of drug-likeness (QED) is 0.563. The van der Waals surface area contributed by atoms with Crippen molar-refractivity contribution >= 4 is 5.52 Å². The lowest BCUT2D eigenvalue weighted by Gasteiger charge is -2.53. The molecule has 0 amide bonds. The van der Waals surface area contributed by atoms with E-state index in [1.807, 2.05) is 22.9 Å². The Morgan fingerprint density at radius 3 is 2.81 bits per heavy atom. The van der Waals surface area contributed by atoms with Crippen LogP contribution in [0.3, 0.4) is 0 Å². The highest BCUT2D eigenvalue weighted by atomic mass is 16.5. The Bertz CT molecular complexity index is 1240. The van der Waals surface area contributed by atoms with E-state index in [2.05, 4.69) is 25.1 Å². The summed E-state index contributed by atoms with van der Waals surface area (Å²) in [6.07, 6.45) is 10.4. The summed E-state index contributed by atoms with van der Waals surface area (Å²) in [5.41, 5.74) is 2.62. The number of fused-ring (bicyclic) bond motifs is 6. The number of aryl methyl sites for hydroxylation is 1. The highest BCUT2D eigenvalue weighted by molar-refractivity contribution is 5.45. The molecule has 168 valence electrons. The summed E-state index contributed by atoms with van der Waals surface area (Å²) in [7, 11) is 3.54. The molecule has 0 N–H and O–H groups in total. The minimum atomic E-state index is -0.569. The van der Waals surface area contributed by atoms with E-state index in [0.29, 0.717) is 29.0 Å². The Hall–Kier alpha value is -2.53. The van der Waals surface area contributed by atoms with Crippen molar-refractivity contribution in [2.24, 2.45) is 17.3 Å². The number of rotatable bonds is 3. The van der Waals surface area contributed by atoms with Gasteiger partial charge in [0, 0.05) is 18.7 Å².